The van der Waals surface area contributed by atoms with Gasteiger partial charge in [-0.25, -0.2) is 4.98 Å². The van der Waals surface area contributed by atoms with E-state index in [0.29, 0.717) is 6.54 Å². The van der Waals surface area contributed by atoms with E-state index in [9.17, 15) is 4.79 Å². The molecule has 2 heterocycles. The van der Waals surface area contributed by atoms with Gasteiger partial charge in [0, 0.05) is 32.9 Å². The minimum absolute atomic E-state index is 0.0882. The second-order valence-corrected chi connectivity index (χ2v) is 3.81. The Kier molecular flexibility index (Phi) is 3.53. The average molecular weight is 224 g/mol. The summed E-state index contributed by atoms with van der Waals surface area (Å²) in [5.41, 5.74) is 1.15. The summed E-state index contributed by atoms with van der Waals surface area (Å²) in [4.78, 5) is 15.4. The zero-order valence-corrected chi connectivity index (χ0v) is 9.27. The lowest BCUT2D eigenvalue weighted by molar-refractivity contribution is -0.124. The molecule has 88 valence electrons. The third kappa shape index (κ3) is 2.40. The van der Waals surface area contributed by atoms with Crippen molar-refractivity contribution in [3.8, 4) is 0 Å². The Labute approximate surface area is 94.0 Å². The lowest BCUT2D eigenvalue weighted by atomic mass is 10.2. The number of imidazole rings is 1. The van der Waals surface area contributed by atoms with Crippen LogP contribution in [-0.2, 0) is 16.1 Å². The Hall–Kier alpha value is -1.40. The Bertz CT molecular complexity index is 363. The Balaban J connectivity index is 1.90. The molecule has 0 spiro atoms. The summed E-state index contributed by atoms with van der Waals surface area (Å²) in [6.45, 7) is 2.38. The third-order valence-corrected chi connectivity index (χ3v) is 2.64. The van der Waals surface area contributed by atoms with Crippen molar-refractivity contribution in [2.45, 2.75) is 12.6 Å². The van der Waals surface area contributed by atoms with E-state index in [1.165, 1.54) is 7.11 Å². The van der Waals surface area contributed by atoms with Gasteiger partial charge < -0.3 is 19.9 Å². The quantitative estimate of drug-likeness (QED) is 0.709. The fourth-order valence-corrected chi connectivity index (χ4v) is 1.85. The number of nitrogens with one attached hydrogen (secondary N) is 2. The molecule has 2 rings (SSSR count). The van der Waals surface area contributed by atoms with Crippen LogP contribution in [0.15, 0.2) is 12.5 Å². The molecule has 0 bridgehead atoms. The Morgan fingerprint density at radius 3 is 3.50 bits per heavy atom. The Morgan fingerprint density at radius 1 is 1.81 bits per heavy atom. The van der Waals surface area contributed by atoms with E-state index in [4.69, 9.17) is 4.74 Å². The first kappa shape index (κ1) is 11.1. The number of nitrogens with zero attached hydrogens (tertiary/aromatic N) is 2. The van der Waals surface area contributed by atoms with Crippen LogP contribution >= 0.6 is 0 Å². The number of hydrogen-bond donors (Lipinski definition) is 2. The van der Waals surface area contributed by atoms with Gasteiger partial charge in [-0.2, -0.15) is 0 Å². The molecule has 0 aromatic carbocycles. The highest BCUT2D eigenvalue weighted by Gasteiger charge is 2.19. The van der Waals surface area contributed by atoms with Crippen molar-refractivity contribution in [3.05, 3.63) is 18.2 Å². The van der Waals surface area contributed by atoms with Crippen molar-refractivity contribution >= 4 is 5.91 Å². The molecule has 16 heavy (non-hydrogen) atoms. The lowest BCUT2D eigenvalue weighted by Gasteiger charge is -2.26. The molecule has 0 fully saturated rings. The monoisotopic (exact) mass is 224 g/mol. The van der Waals surface area contributed by atoms with E-state index in [-0.39, 0.29) is 18.6 Å². The van der Waals surface area contributed by atoms with Crippen molar-refractivity contribution in [3.63, 3.8) is 0 Å². The number of carbonyl (C=O) groups excluding carboxylic acids is 1. The van der Waals surface area contributed by atoms with Gasteiger partial charge in [-0.15, -0.1) is 0 Å². The summed E-state index contributed by atoms with van der Waals surface area (Å²) in [5, 5.41) is 6.12. The van der Waals surface area contributed by atoms with E-state index in [1.807, 2.05) is 12.5 Å². The van der Waals surface area contributed by atoms with Gasteiger partial charge in [0.1, 0.15) is 6.61 Å². The van der Waals surface area contributed by atoms with Gasteiger partial charge in [0.2, 0.25) is 5.91 Å². The van der Waals surface area contributed by atoms with Gasteiger partial charge in [0.05, 0.1) is 18.1 Å². The van der Waals surface area contributed by atoms with Crippen molar-refractivity contribution in [2.75, 3.05) is 26.8 Å². The van der Waals surface area contributed by atoms with Crippen LogP contribution < -0.4 is 10.6 Å². The second kappa shape index (κ2) is 5.09. The topological polar surface area (TPSA) is 68.2 Å². The van der Waals surface area contributed by atoms with Crippen molar-refractivity contribution in [1.82, 2.24) is 20.2 Å². The molecule has 1 unspecified atom stereocenters. The van der Waals surface area contributed by atoms with Crippen LogP contribution in [0.5, 0.6) is 0 Å². The van der Waals surface area contributed by atoms with Gasteiger partial charge in [-0.3, -0.25) is 4.79 Å². The maximum atomic E-state index is 11.3. The van der Waals surface area contributed by atoms with Gasteiger partial charge >= 0.3 is 0 Å². The van der Waals surface area contributed by atoms with Gasteiger partial charge in [-0.05, 0) is 0 Å². The average Bonchev–Trinajstić information content (AvgIpc) is 2.75. The molecule has 1 aliphatic rings. The van der Waals surface area contributed by atoms with Crippen LogP contribution in [0.2, 0.25) is 0 Å². The summed E-state index contributed by atoms with van der Waals surface area (Å²) < 4.78 is 6.85. The highest BCUT2D eigenvalue weighted by Crippen LogP contribution is 2.13. The molecule has 0 radical (unpaired) electrons. The third-order valence-electron chi connectivity index (χ3n) is 2.64. The number of aromatic nitrogens is 2. The largest absolute Gasteiger partial charge is 0.375 e. The van der Waals surface area contributed by atoms with Gasteiger partial charge in [-0.1, -0.05) is 0 Å². The summed E-state index contributed by atoms with van der Waals surface area (Å²) in [6, 6.07) is 0.229. The number of rotatable bonds is 4. The maximum Gasteiger partial charge on any atom is 0.246 e. The van der Waals surface area contributed by atoms with Crippen molar-refractivity contribution in [1.29, 1.82) is 0 Å². The lowest BCUT2D eigenvalue weighted by Crippen LogP contribution is -2.40. The highest BCUT2D eigenvalue weighted by molar-refractivity contribution is 5.77. The molecule has 6 nitrogen and oxygen atoms in total. The van der Waals surface area contributed by atoms with Crippen molar-refractivity contribution in [2.24, 2.45) is 0 Å². The first-order chi connectivity index (χ1) is 7.81. The van der Waals surface area contributed by atoms with Crippen LogP contribution in [0.4, 0.5) is 0 Å². The zero-order chi connectivity index (χ0) is 11.4. The SMILES string of the molecule is COCC(=O)NCC1CNCc2cncn21. The summed E-state index contributed by atoms with van der Waals surface area (Å²) in [6.07, 6.45) is 3.65. The van der Waals surface area contributed by atoms with Gasteiger partial charge in [0.15, 0.2) is 0 Å². The van der Waals surface area contributed by atoms with E-state index in [2.05, 4.69) is 20.2 Å². The maximum absolute atomic E-state index is 11.3. The number of carbonyl (C=O) groups is 1. The predicted octanol–water partition coefficient (Wildman–Crippen LogP) is -0.710. The molecule has 2 N–H and O–H groups in total. The summed E-state index contributed by atoms with van der Waals surface area (Å²) in [7, 11) is 1.51. The number of amides is 1. The summed E-state index contributed by atoms with van der Waals surface area (Å²) >= 11 is 0. The molecule has 1 aliphatic heterocycles. The second-order valence-electron chi connectivity index (χ2n) is 3.81. The van der Waals surface area contributed by atoms with E-state index < -0.39 is 0 Å². The smallest absolute Gasteiger partial charge is 0.246 e. The molecular formula is C10H16N4O2. The van der Waals surface area contributed by atoms with Crippen LogP contribution in [0.25, 0.3) is 0 Å². The van der Waals surface area contributed by atoms with Crippen LogP contribution in [0.1, 0.15) is 11.7 Å². The summed E-state index contributed by atoms with van der Waals surface area (Å²) in [5.74, 6) is -0.0882. The minimum atomic E-state index is -0.0882. The zero-order valence-electron chi connectivity index (χ0n) is 9.27. The molecule has 0 saturated carbocycles. The Morgan fingerprint density at radius 2 is 2.69 bits per heavy atom. The normalized spacial score (nSPS) is 19.2. The molecule has 1 atom stereocenters. The molecule has 1 amide bonds. The van der Waals surface area contributed by atoms with Crippen LogP contribution in [0, 0.1) is 0 Å². The molecule has 1 aromatic rings. The van der Waals surface area contributed by atoms with E-state index in [1.54, 1.807) is 0 Å². The molecule has 0 aliphatic carbocycles. The number of hydrogen-bond acceptors (Lipinski definition) is 4. The van der Waals surface area contributed by atoms with Crippen LogP contribution in [-0.4, -0.2) is 42.3 Å². The minimum Gasteiger partial charge on any atom is -0.375 e. The first-order valence-corrected chi connectivity index (χ1v) is 5.28. The molecular weight excluding hydrogens is 208 g/mol. The van der Waals surface area contributed by atoms with Crippen molar-refractivity contribution < 1.29 is 9.53 Å². The van der Waals surface area contributed by atoms with E-state index in [0.717, 1.165) is 18.8 Å². The number of fused-ring (bicyclic) bond motifs is 1. The fourth-order valence-electron chi connectivity index (χ4n) is 1.85. The number of ether oxygens (including phenoxy) is 1. The first-order valence-electron chi connectivity index (χ1n) is 5.28. The van der Waals surface area contributed by atoms with E-state index >= 15 is 0 Å². The molecule has 6 heteroatoms. The fraction of sp³-hybridized carbons (Fsp3) is 0.600. The molecule has 0 saturated heterocycles. The predicted molar refractivity (Wildman–Crippen MR) is 57.9 cm³/mol. The van der Waals surface area contributed by atoms with Gasteiger partial charge in [0.25, 0.3) is 0 Å². The standard InChI is InChI=1S/C10H16N4O2/c1-16-6-10(15)13-5-9-3-11-2-8-4-12-7-14(8)9/h4,7,9,11H,2-3,5-6H2,1H3,(H,13,15). The molecule has 1 aromatic heterocycles. The highest BCUT2D eigenvalue weighted by atomic mass is 16.5. The van der Waals surface area contributed by atoms with Crippen LogP contribution in [0.3, 0.4) is 0 Å². The number of methoxy groups -OCH3 is 1.